The van der Waals surface area contributed by atoms with Gasteiger partial charge in [0.15, 0.2) is 0 Å². The molecule has 0 saturated heterocycles. The van der Waals surface area contributed by atoms with E-state index in [1.54, 1.807) is 0 Å². The molecule has 0 aromatic heterocycles. The molecule has 146 valence electrons. The molecule has 2 heteroatoms. The van der Waals surface area contributed by atoms with Crippen molar-refractivity contribution in [2.75, 3.05) is 0 Å². The van der Waals surface area contributed by atoms with Crippen LogP contribution in [-0.2, 0) is 6.42 Å². The fourth-order valence-electron chi connectivity index (χ4n) is 4.25. The molecule has 5 aromatic rings. The third kappa shape index (κ3) is 3.57. The Morgan fingerprint density at radius 3 is 1.67 bits per heavy atom. The highest BCUT2D eigenvalue weighted by molar-refractivity contribution is 5.99. The van der Waals surface area contributed by atoms with Crippen molar-refractivity contribution in [3.63, 3.8) is 0 Å². The number of hydrogen-bond donors (Lipinski definition) is 0. The van der Waals surface area contributed by atoms with Gasteiger partial charge in [-0.15, -0.1) is 0 Å². The summed E-state index contributed by atoms with van der Waals surface area (Å²) in [5, 5.41) is 4.84. The summed E-state index contributed by atoms with van der Waals surface area (Å²) in [7, 11) is 0. The number of benzene rings is 5. The lowest BCUT2D eigenvalue weighted by Crippen LogP contribution is -2.06. The van der Waals surface area contributed by atoms with Gasteiger partial charge in [-0.2, -0.15) is 0 Å². The van der Waals surface area contributed by atoms with Crippen LogP contribution >= 0.6 is 0 Å². The maximum absolute atomic E-state index is 13.5. The van der Waals surface area contributed by atoms with Gasteiger partial charge < -0.3 is 0 Å². The molecule has 5 rings (SSSR count). The fourth-order valence-corrected chi connectivity index (χ4v) is 4.25. The van der Waals surface area contributed by atoms with E-state index in [9.17, 15) is 8.78 Å². The van der Waals surface area contributed by atoms with Gasteiger partial charge in [-0.05, 0) is 81.1 Å². The predicted octanol–water partition coefficient (Wildman–Crippen LogP) is 7.65. The maximum Gasteiger partial charge on any atom is 0.123 e. The minimum Gasteiger partial charge on any atom is -0.207 e. The van der Waals surface area contributed by atoms with E-state index in [1.807, 2.05) is 24.3 Å². The van der Waals surface area contributed by atoms with Crippen LogP contribution in [0.15, 0.2) is 103 Å². The first-order valence-corrected chi connectivity index (χ1v) is 10.1. The summed E-state index contributed by atoms with van der Waals surface area (Å²) in [5.74, 6) is -0.509. The molecule has 5 aromatic carbocycles. The third-order valence-corrected chi connectivity index (χ3v) is 5.81. The van der Waals surface area contributed by atoms with Crippen LogP contribution in [0.5, 0.6) is 0 Å². The first-order chi connectivity index (χ1) is 14.7. The van der Waals surface area contributed by atoms with Crippen LogP contribution in [0.2, 0.25) is 0 Å². The smallest absolute Gasteiger partial charge is 0.123 e. The van der Waals surface area contributed by atoms with Gasteiger partial charge in [-0.1, -0.05) is 66.7 Å². The summed E-state index contributed by atoms with van der Waals surface area (Å²) in [5.41, 5.74) is 3.25. The Bertz CT molecular complexity index is 1270. The van der Waals surface area contributed by atoms with Gasteiger partial charge in [0.2, 0.25) is 0 Å². The van der Waals surface area contributed by atoms with Crippen LogP contribution in [0.25, 0.3) is 21.5 Å². The lowest BCUT2D eigenvalue weighted by molar-refractivity contribution is 0.624. The van der Waals surface area contributed by atoms with Crippen molar-refractivity contribution < 1.29 is 8.78 Å². The number of rotatable bonds is 4. The molecule has 0 saturated carbocycles. The molecule has 0 atom stereocenters. The molecule has 0 spiro atoms. The van der Waals surface area contributed by atoms with E-state index in [2.05, 4.69) is 54.6 Å². The van der Waals surface area contributed by atoms with Gasteiger partial charge >= 0.3 is 0 Å². The Balaban J connectivity index is 1.63. The van der Waals surface area contributed by atoms with Crippen molar-refractivity contribution in [1.29, 1.82) is 0 Å². The van der Waals surface area contributed by atoms with Gasteiger partial charge in [0.05, 0.1) is 0 Å². The maximum atomic E-state index is 13.5. The zero-order chi connectivity index (χ0) is 20.5. The predicted molar refractivity (Wildman–Crippen MR) is 120 cm³/mol. The van der Waals surface area contributed by atoms with Crippen molar-refractivity contribution in [3.05, 3.63) is 131 Å². The molecule has 0 heterocycles. The van der Waals surface area contributed by atoms with E-state index in [4.69, 9.17) is 0 Å². The molecule has 0 N–H and O–H groups in total. The quantitative estimate of drug-likeness (QED) is 0.275. The van der Waals surface area contributed by atoms with Crippen LogP contribution in [-0.4, -0.2) is 0 Å². The van der Waals surface area contributed by atoms with Crippen LogP contribution in [0.1, 0.15) is 22.6 Å². The second kappa shape index (κ2) is 7.72. The highest BCUT2D eigenvalue weighted by Gasteiger charge is 2.17. The molecule has 0 aliphatic rings. The SMILES string of the molecule is Fc1ccc(C(Cc2cccc3cc4ccccc4cc23)c2ccc(F)cc2)cc1. The minimum absolute atomic E-state index is 0.00303. The summed E-state index contributed by atoms with van der Waals surface area (Å²) in [6.45, 7) is 0. The molecule has 0 radical (unpaired) electrons. The number of halogens is 2. The molecule has 30 heavy (non-hydrogen) atoms. The molecule has 0 nitrogen and oxygen atoms in total. The molecule has 0 unspecified atom stereocenters. The summed E-state index contributed by atoms with van der Waals surface area (Å²) in [6.07, 6.45) is 0.743. The van der Waals surface area contributed by atoms with Crippen molar-refractivity contribution >= 4 is 21.5 Å². The van der Waals surface area contributed by atoms with Gasteiger partial charge in [0, 0.05) is 5.92 Å². The molecule has 0 aliphatic heterocycles. The zero-order valence-corrected chi connectivity index (χ0v) is 16.4. The lowest BCUT2D eigenvalue weighted by atomic mass is 9.84. The van der Waals surface area contributed by atoms with Crippen molar-refractivity contribution in [2.24, 2.45) is 0 Å². The molecular formula is C28H20F2. The van der Waals surface area contributed by atoms with Gasteiger partial charge in [0.1, 0.15) is 11.6 Å². The fraction of sp³-hybridized carbons (Fsp3) is 0.0714. The Morgan fingerprint density at radius 1 is 0.533 bits per heavy atom. The zero-order valence-electron chi connectivity index (χ0n) is 16.4. The first kappa shape index (κ1) is 18.5. The van der Waals surface area contributed by atoms with Crippen molar-refractivity contribution in [2.45, 2.75) is 12.3 Å². The van der Waals surface area contributed by atoms with E-state index in [0.29, 0.717) is 0 Å². The Labute approximate surface area is 174 Å². The molecule has 0 fully saturated rings. The van der Waals surface area contributed by atoms with Gasteiger partial charge in [-0.25, -0.2) is 8.78 Å². The standard InChI is InChI=1S/C28H20F2/c29-25-12-8-19(9-13-25)27(20-10-14-26(30)15-11-20)18-24-7-3-6-23-16-21-4-1-2-5-22(21)17-28(23)24/h1-17,27H,18H2. The molecule has 0 bridgehead atoms. The second-order valence-corrected chi connectivity index (χ2v) is 7.70. The second-order valence-electron chi connectivity index (χ2n) is 7.70. The Kier molecular flexibility index (Phi) is 4.76. The van der Waals surface area contributed by atoms with Crippen molar-refractivity contribution in [1.82, 2.24) is 0 Å². The summed E-state index contributed by atoms with van der Waals surface area (Å²) >= 11 is 0. The number of hydrogen-bond acceptors (Lipinski definition) is 0. The Hall–Kier alpha value is -3.52. The molecule has 0 aliphatic carbocycles. The minimum atomic E-state index is -0.256. The van der Waals surface area contributed by atoms with E-state index in [-0.39, 0.29) is 17.6 Å². The highest BCUT2D eigenvalue weighted by Crippen LogP contribution is 2.33. The topological polar surface area (TPSA) is 0 Å². The Morgan fingerprint density at radius 2 is 1.07 bits per heavy atom. The number of fused-ring (bicyclic) bond motifs is 2. The lowest BCUT2D eigenvalue weighted by Gasteiger charge is -2.20. The summed E-state index contributed by atoms with van der Waals surface area (Å²) in [4.78, 5) is 0. The van der Waals surface area contributed by atoms with Crippen molar-refractivity contribution in [3.8, 4) is 0 Å². The van der Waals surface area contributed by atoms with Crippen LogP contribution < -0.4 is 0 Å². The summed E-state index contributed by atoms with van der Waals surface area (Å²) < 4.78 is 27.1. The average molecular weight is 394 g/mol. The van der Waals surface area contributed by atoms with Gasteiger partial charge in [-0.3, -0.25) is 0 Å². The monoisotopic (exact) mass is 394 g/mol. The highest BCUT2D eigenvalue weighted by atomic mass is 19.1. The van der Waals surface area contributed by atoms with Crippen LogP contribution in [0.4, 0.5) is 8.78 Å². The average Bonchev–Trinajstić information content (AvgIpc) is 2.78. The third-order valence-electron chi connectivity index (χ3n) is 5.81. The first-order valence-electron chi connectivity index (χ1n) is 10.1. The van der Waals surface area contributed by atoms with E-state index in [0.717, 1.165) is 17.5 Å². The van der Waals surface area contributed by atoms with E-state index < -0.39 is 0 Å². The summed E-state index contributed by atoms with van der Waals surface area (Å²) in [6, 6.07) is 32.4. The van der Waals surface area contributed by atoms with E-state index in [1.165, 1.54) is 51.4 Å². The van der Waals surface area contributed by atoms with E-state index >= 15 is 0 Å². The normalized spacial score (nSPS) is 11.4. The van der Waals surface area contributed by atoms with Crippen LogP contribution in [0.3, 0.4) is 0 Å². The largest absolute Gasteiger partial charge is 0.207 e. The molecule has 0 amide bonds. The van der Waals surface area contributed by atoms with Crippen LogP contribution in [0, 0.1) is 11.6 Å². The van der Waals surface area contributed by atoms with Gasteiger partial charge in [0.25, 0.3) is 0 Å². The molecular weight excluding hydrogens is 374 g/mol.